The molecule has 3 rings (SSSR count). The molecule has 0 aliphatic heterocycles. The maximum atomic E-state index is 13.4. The predicted molar refractivity (Wildman–Crippen MR) is 146 cm³/mol. The number of hydrogen-bond donors (Lipinski definition) is 0. The first-order valence-corrected chi connectivity index (χ1v) is 15.1. The van der Waals surface area contributed by atoms with Crippen LogP contribution in [0.3, 0.4) is 0 Å². The van der Waals surface area contributed by atoms with E-state index in [0.717, 1.165) is 17.6 Å². The Morgan fingerprint density at radius 3 is 1.92 bits per heavy atom. The van der Waals surface area contributed by atoms with Crippen LogP contribution in [0, 0.1) is 11.3 Å². The van der Waals surface area contributed by atoms with Crippen molar-refractivity contribution in [3.63, 3.8) is 0 Å². The zero-order chi connectivity index (χ0) is 26.8. The summed E-state index contributed by atoms with van der Waals surface area (Å²) in [6, 6.07) is 10.3. The summed E-state index contributed by atoms with van der Waals surface area (Å²) in [5, 5.41) is 0. The summed E-state index contributed by atoms with van der Waals surface area (Å²) in [7, 11) is 0.211. The van der Waals surface area contributed by atoms with Gasteiger partial charge in [0.2, 0.25) is 0 Å². The Morgan fingerprint density at radius 2 is 1.44 bits per heavy atom. The van der Waals surface area contributed by atoms with E-state index in [1.165, 1.54) is 19.8 Å². The molecule has 0 spiro atoms. The molecule has 2 aliphatic carbocycles. The third-order valence-electron chi connectivity index (χ3n) is 8.24. The average molecular weight is 511 g/mol. The first kappa shape index (κ1) is 28.0. The summed E-state index contributed by atoms with van der Waals surface area (Å²) in [6.07, 6.45) is 6.50. The number of ether oxygens (including phenoxy) is 2. The lowest BCUT2D eigenvalue weighted by molar-refractivity contribution is -0.167. The molecule has 196 valence electrons. The number of methoxy groups -OCH3 is 2. The highest BCUT2D eigenvalue weighted by Gasteiger charge is 2.60. The molecule has 0 saturated carbocycles. The van der Waals surface area contributed by atoms with Gasteiger partial charge in [0.1, 0.15) is 0 Å². The highest BCUT2D eigenvalue weighted by molar-refractivity contribution is 6.77. The van der Waals surface area contributed by atoms with Crippen LogP contribution in [0.1, 0.15) is 66.4 Å². The predicted octanol–water partition coefficient (Wildman–Crippen LogP) is 7.08. The molecular weight excluding hydrogens is 468 g/mol. The molecule has 5 nitrogen and oxygen atoms in total. The topological polar surface area (TPSA) is 61.8 Å². The molecule has 0 heterocycles. The fourth-order valence-corrected chi connectivity index (χ4v) is 11.9. The van der Waals surface area contributed by atoms with Crippen LogP contribution in [-0.2, 0) is 23.5 Å². The van der Waals surface area contributed by atoms with Gasteiger partial charge in [-0.2, -0.15) is 0 Å². The second-order valence-corrected chi connectivity index (χ2v) is 16.4. The van der Waals surface area contributed by atoms with E-state index in [1.54, 1.807) is 6.08 Å². The first-order valence-electron chi connectivity index (χ1n) is 13.0. The molecule has 1 aromatic carbocycles. The number of carbonyl (C=O) groups excluding carboxylic acids is 2. The molecule has 0 unspecified atom stereocenters. The van der Waals surface area contributed by atoms with Crippen LogP contribution in [0.4, 0.5) is 0 Å². The Hall–Kier alpha value is -2.60. The monoisotopic (exact) mass is 510 g/mol. The quantitative estimate of drug-likeness (QED) is 0.212. The fourth-order valence-electron chi connectivity index (χ4n) is 6.58. The van der Waals surface area contributed by atoms with E-state index in [9.17, 15) is 9.59 Å². The summed E-state index contributed by atoms with van der Waals surface area (Å²) in [5.41, 5.74) is 2.59. The number of carbonyl (C=O) groups is 2. The van der Waals surface area contributed by atoms with Gasteiger partial charge in [0, 0.05) is 5.92 Å². The minimum atomic E-state index is -2.43. The molecule has 0 saturated heterocycles. The molecule has 2 atom stereocenters. The van der Waals surface area contributed by atoms with Crippen molar-refractivity contribution in [3.8, 4) is 0 Å². The molecule has 0 bridgehead atoms. The van der Waals surface area contributed by atoms with Gasteiger partial charge in [0.05, 0.1) is 25.9 Å². The van der Waals surface area contributed by atoms with Crippen molar-refractivity contribution in [2.24, 2.45) is 11.3 Å². The maximum Gasteiger partial charge on any atom is 0.328 e. The second kappa shape index (κ2) is 10.8. The summed E-state index contributed by atoms with van der Waals surface area (Å²) in [4.78, 5) is 26.8. The molecule has 0 fully saturated rings. The van der Waals surface area contributed by atoms with Crippen molar-refractivity contribution in [1.82, 2.24) is 0 Å². The van der Waals surface area contributed by atoms with Crippen LogP contribution in [-0.4, -0.2) is 34.5 Å². The SMILES string of the molecule is COC(=O)C1(C(=O)OC)C=CC2=C(C)C[C@H](c3ccccc3)C=C(O[Si](C(C)C)(C(C)C)C(C)C)[C@@H]21. The number of allylic oxidation sites excluding steroid dienone is 4. The fraction of sp³-hybridized carbons (Fsp3) is 0.533. The van der Waals surface area contributed by atoms with Gasteiger partial charge >= 0.3 is 11.9 Å². The van der Waals surface area contributed by atoms with Gasteiger partial charge in [-0.05, 0) is 47.2 Å². The Labute approximate surface area is 217 Å². The Balaban J connectivity index is 2.34. The van der Waals surface area contributed by atoms with Crippen LogP contribution >= 0.6 is 0 Å². The van der Waals surface area contributed by atoms with E-state index in [1.807, 2.05) is 24.3 Å². The number of benzene rings is 1. The van der Waals surface area contributed by atoms with Gasteiger partial charge in [0.15, 0.2) is 5.41 Å². The summed E-state index contributed by atoms with van der Waals surface area (Å²) >= 11 is 0. The smallest absolute Gasteiger partial charge is 0.328 e. The zero-order valence-corrected chi connectivity index (χ0v) is 24.3. The van der Waals surface area contributed by atoms with E-state index in [2.05, 4.69) is 66.7 Å². The lowest BCUT2D eigenvalue weighted by Crippen LogP contribution is -2.51. The van der Waals surface area contributed by atoms with Crippen molar-refractivity contribution in [2.45, 2.75) is 77.4 Å². The van der Waals surface area contributed by atoms with Crippen LogP contribution < -0.4 is 0 Å². The van der Waals surface area contributed by atoms with Gasteiger partial charge in [-0.3, -0.25) is 9.59 Å². The molecule has 2 aliphatic rings. The highest BCUT2D eigenvalue weighted by Crippen LogP contribution is 2.54. The van der Waals surface area contributed by atoms with Gasteiger partial charge in [0.25, 0.3) is 8.32 Å². The molecule has 0 aromatic heterocycles. The van der Waals surface area contributed by atoms with Gasteiger partial charge in [-0.25, -0.2) is 0 Å². The third kappa shape index (κ3) is 4.49. The lowest BCUT2D eigenvalue weighted by atomic mass is 9.74. The van der Waals surface area contributed by atoms with Crippen molar-refractivity contribution in [1.29, 1.82) is 0 Å². The first-order chi connectivity index (χ1) is 17.0. The van der Waals surface area contributed by atoms with Crippen molar-refractivity contribution in [2.75, 3.05) is 14.2 Å². The van der Waals surface area contributed by atoms with Crippen molar-refractivity contribution >= 4 is 20.3 Å². The van der Waals surface area contributed by atoms with Crippen LogP contribution in [0.15, 0.2) is 65.5 Å². The summed E-state index contributed by atoms with van der Waals surface area (Å²) in [5.74, 6) is -1.14. The Kier molecular flexibility index (Phi) is 8.39. The van der Waals surface area contributed by atoms with E-state index in [0.29, 0.717) is 22.4 Å². The molecule has 1 aromatic rings. The Morgan fingerprint density at radius 1 is 0.917 bits per heavy atom. The number of fused-ring (bicyclic) bond motifs is 1. The normalized spacial score (nSPS) is 21.4. The van der Waals surface area contributed by atoms with Crippen molar-refractivity contribution < 1.29 is 23.5 Å². The largest absolute Gasteiger partial charge is 0.545 e. The summed E-state index contributed by atoms with van der Waals surface area (Å²) in [6.45, 7) is 15.5. The zero-order valence-electron chi connectivity index (χ0n) is 23.3. The maximum absolute atomic E-state index is 13.4. The van der Waals surface area contributed by atoms with Crippen molar-refractivity contribution in [3.05, 3.63) is 71.0 Å². The van der Waals surface area contributed by atoms with Gasteiger partial charge < -0.3 is 13.9 Å². The standard InChI is InChI=1S/C30H42O5Si/c1-19(2)36(20(3)4,21(5)6)35-26-18-24(23-13-11-10-12-14-23)17-22(7)25-15-16-30(27(25)26,28(31)33-8)29(32)34-9/h10-16,18-21,24,27H,17H2,1-9H3/t24-,27+/m0/s1. The van der Waals surface area contributed by atoms with E-state index in [4.69, 9.17) is 13.9 Å². The Bertz CT molecular complexity index is 1030. The van der Waals surface area contributed by atoms with Gasteiger partial charge in [-0.15, -0.1) is 0 Å². The molecule has 0 N–H and O–H groups in total. The summed E-state index contributed by atoms with van der Waals surface area (Å²) < 4.78 is 17.8. The average Bonchev–Trinajstić information content (AvgIpc) is 3.20. The van der Waals surface area contributed by atoms with Crippen LogP contribution in [0.2, 0.25) is 16.6 Å². The van der Waals surface area contributed by atoms with Gasteiger partial charge in [-0.1, -0.05) is 89.6 Å². The minimum absolute atomic E-state index is 0.0545. The molecule has 36 heavy (non-hydrogen) atoms. The van der Waals surface area contributed by atoms with E-state index >= 15 is 0 Å². The molecular formula is C30H42O5Si. The van der Waals surface area contributed by atoms with Crippen LogP contribution in [0.25, 0.3) is 0 Å². The van der Waals surface area contributed by atoms with Crippen LogP contribution in [0.5, 0.6) is 0 Å². The lowest BCUT2D eigenvalue weighted by Gasteiger charge is -2.45. The number of hydrogen-bond acceptors (Lipinski definition) is 5. The molecule has 6 heteroatoms. The number of rotatable bonds is 8. The molecule has 0 amide bonds. The molecule has 0 radical (unpaired) electrons. The minimum Gasteiger partial charge on any atom is -0.545 e. The third-order valence-corrected chi connectivity index (χ3v) is 14.2. The second-order valence-electron chi connectivity index (χ2n) is 11.1. The van der Waals surface area contributed by atoms with E-state index in [-0.39, 0.29) is 5.92 Å². The number of esters is 2. The van der Waals surface area contributed by atoms with E-state index < -0.39 is 31.6 Å². The highest BCUT2D eigenvalue weighted by atomic mass is 28.4.